The predicted octanol–water partition coefficient (Wildman–Crippen LogP) is -0.0443. The molecule has 1 aliphatic rings. The molecule has 0 radical (unpaired) electrons. The number of hydrogen-bond donors (Lipinski definition) is 2. The minimum atomic E-state index is -0.176. The highest BCUT2D eigenvalue weighted by Gasteiger charge is 2.27. The van der Waals surface area contributed by atoms with Gasteiger partial charge in [0.1, 0.15) is 0 Å². The van der Waals surface area contributed by atoms with Crippen molar-refractivity contribution in [2.24, 2.45) is 0 Å². The second-order valence-corrected chi connectivity index (χ2v) is 3.14. The minimum Gasteiger partial charge on any atom is -0.354 e. The highest BCUT2D eigenvalue weighted by Crippen LogP contribution is 2.18. The summed E-state index contributed by atoms with van der Waals surface area (Å²) in [5, 5.41) is 5.48. The summed E-state index contributed by atoms with van der Waals surface area (Å²) in [6, 6.07) is 0.150. The zero-order valence-electron chi connectivity index (χ0n) is 7.45. The van der Waals surface area contributed by atoms with Crippen LogP contribution in [0.15, 0.2) is 12.7 Å². The van der Waals surface area contributed by atoms with Crippen LogP contribution in [0.3, 0.4) is 0 Å². The lowest BCUT2D eigenvalue weighted by molar-refractivity contribution is -0.117. The first-order chi connectivity index (χ1) is 6.27. The van der Waals surface area contributed by atoms with E-state index >= 15 is 0 Å². The van der Waals surface area contributed by atoms with Gasteiger partial charge in [-0.25, -0.2) is 0 Å². The highest BCUT2D eigenvalue weighted by atomic mass is 16.1. The van der Waals surface area contributed by atoms with Crippen LogP contribution in [-0.4, -0.2) is 24.4 Å². The summed E-state index contributed by atoms with van der Waals surface area (Å²) in [6.07, 6.45) is 4.82. The lowest BCUT2D eigenvalue weighted by Gasteiger charge is -2.19. The third kappa shape index (κ3) is 2.57. The van der Waals surface area contributed by atoms with Crippen molar-refractivity contribution < 1.29 is 9.59 Å². The molecule has 2 atom stereocenters. The van der Waals surface area contributed by atoms with Crippen molar-refractivity contribution >= 4 is 12.3 Å². The van der Waals surface area contributed by atoms with E-state index in [1.807, 2.05) is 0 Å². The lowest BCUT2D eigenvalue weighted by atomic mass is 10.2. The Hall–Kier alpha value is -1.32. The molecular weight excluding hydrogens is 168 g/mol. The number of nitrogens with one attached hydrogen (secondary N) is 2. The summed E-state index contributed by atoms with van der Waals surface area (Å²) in [5.74, 6) is -0.176. The summed E-state index contributed by atoms with van der Waals surface area (Å²) in [6.45, 7) is 3.37. The number of carbonyl (C=O) groups is 2. The standard InChI is InChI=1S/C9H14N2O2/c1-2-9(13)11-8-5-3-4-7(8)10-6-12/h2,6-8H,1,3-5H2,(H,10,12)(H,11,13). The molecule has 0 aliphatic heterocycles. The molecule has 13 heavy (non-hydrogen) atoms. The van der Waals surface area contributed by atoms with Gasteiger partial charge >= 0.3 is 0 Å². The summed E-state index contributed by atoms with van der Waals surface area (Å²) in [7, 11) is 0. The van der Waals surface area contributed by atoms with Crippen LogP contribution >= 0.6 is 0 Å². The molecule has 0 aromatic heterocycles. The Kier molecular flexibility index (Phi) is 3.49. The Balaban J connectivity index is 2.43. The molecule has 0 aromatic carbocycles. The Morgan fingerprint density at radius 3 is 2.69 bits per heavy atom. The lowest BCUT2D eigenvalue weighted by Crippen LogP contribution is -2.45. The van der Waals surface area contributed by atoms with Crippen LogP contribution in [0.5, 0.6) is 0 Å². The summed E-state index contributed by atoms with van der Waals surface area (Å²) < 4.78 is 0. The molecule has 0 saturated heterocycles. The molecule has 0 bridgehead atoms. The fraction of sp³-hybridized carbons (Fsp3) is 0.556. The molecule has 1 aliphatic carbocycles. The fourth-order valence-electron chi connectivity index (χ4n) is 1.66. The van der Waals surface area contributed by atoms with Gasteiger partial charge in [0.05, 0.1) is 0 Å². The average Bonchev–Trinajstić information content (AvgIpc) is 2.54. The van der Waals surface area contributed by atoms with Gasteiger partial charge in [0.2, 0.25) is 12.3 Å². The highest BCUT2D eigenvalue weighted by molar-refractivity contribution is 5.87. The largest absolute Gasteiger partial charge is 0.354 e. The molecular formula is C9H14N2O2. The van der Waals surface area contributed by atoms with Crippen molar-refractivity contribution in [2.75, 3.05) is 0 Å². The summed E-state index contributed by atoms with van der Waals surface area (Å²) in [4.78, 5) is 21.2. The van der Waals surface area contributed by atoms with Gasteiger partial charge in [0.15, 0.2) is 0 Å². The van der Waals surface area contributed by atoms with Crippen LogP contribution < -0.4 is 10.6 Å². The van der Waals surface area contributed by atoms with Crippen LogP contribution in [-0.2, 0) is 9.59 Å². The van der Waals surface area contributed by atoms with Crippen molar-refractivity contribution in [1.82, 2.24) is 10.6 Å². The molecule has 2 N–H and O–H groups in total. The molecule has 4 heteroatoms. The number of amides is 2. The minimum absolute atomic E-state index is 0.0655. The van der Waals surface area contributed by atoms with Gasteiger partial charge in [0.25, 0.3) is 0 Å². The third-order valence-electron chi connectivity index (χ3n) is 2.31. The van der Waals surface area contributed by atoms with E-state index in [0.717, 1.165) is 19.3 Å². The van der Waals surface area contributed by atoms with Crippen molar-refractivity contribution in [3.8, 4) is 0 Å². The maximum absolute atomic E-state index is 11.0. The van der Waals surface area contributed by atoms with Crippen molar-refractivity contribution in [3.63, 3.8) is 0 Å². The zero-order chi connectivity index (χ0) is 9.68. The second kappa shape index (κ2) is 4.64. The molecule has 0 aromatic rings. The van der Waals surface area contributed by atoms with E-state index in [1.54, 1.807) is 0 Å². The summed E-state index contributed by atoms with van der Waals surface area (Å²) in [5.41, 5.74) is 0. The van der Waals surface area contributed by atoms with Gasteiger partial charge in [-0.1, -0.05) is 6.58 Å². The van der Waals surface area contributed by atoms with Gasteiger partial charge in [-0.05, 0) is 25.3 Å². The predicted molar refractivity (Wildman–Crippen MR) is 49.0 cm³/mol. The van der Waals surface area contributed by atoms with Gasteiger partial charge in [-0.2, -0.15) is 0 Å². The number of hydrogen-bond acceptors (Lipinski definition) is 2. The topological polar surface area (TPSA) is 58.2 Å². The normalized spacial score (nSPS) is 26.5. The van der Waals surface area contributed by atoms with Crippen LogP contribution in [0, 0.1) is 0 Å². The third-order valence-corrected chi connectivity index (χ3v) is 2.31. The van der Waals surface area contributed by atoms with Crippen LogP contribution in [0.25, 0.3) is 0 Å². The first-order valence-electron chi connectivity index (χ1n) is 4.40. The van der Waals surface area contributed by atoms with Crippen LogP contribution in [0.1, 0.15) is 19.3 Å². The fourth-order valence-corrected chi connectivity index (χ4v) is 1.66. The van der Waals surface area contributed by atoms with Gasteiger partial charge in [-0.3, -0.25) is 9.59 Å². The molecule has 1 rings (SSSR count). The first kappa shape index (κ1) is 9.77. The van der Waals surface area contributed by atoms with E-state index in [0.29, 0.717) is 6.41 Å². The Bertz CT molecular complexity index is 216. The second-order valence-electron chi connectivity index (χ2n) is 3.14. The Labute approximate surface area is 77.4 Å². The maximum Gasteiger partial charge on any atom is 0.243 e. The van der Waals surface area contributed by atoms with E-state index in [4.69, 9.17) is 0 Å². The van der Waals surface area contributed by atoms with E-state index in [1.165, 1.54) is 6.08 Å². The van der Waals surface area contributed by atoms with E-state index in [-0.39, 0.29) is 18.0 Å². The Morgan fingerprint density at radius 2 is 2.08 bits per heavy atom. The molecule has 2 unspecified atom stereocenters. The van der Waals surface area contributed by atoms with E-state index in [9.17, 15) is 9.59 Å². The van der Waals surface area contributed by atoms with Crippen LogP contribution in [0.4, 0.5) is 0 Å². The smallest absolute Gasteiger partial charge is 0.243 e. The molecule has 1 saturated carbocycles. The molecule has 1 fully saturated rings. The SMILES string of the molecule is C=CC(=O)NC1CCCC1NC=O. The van der Waals surface area contributed by atoms with E-state index in [2.05, 4.69) is 17.2 Å². The van der Waals surface area contributed by atoms with Gasteiger partial charge in [-0.15, -0.1) is 0 Å². The first-order valence-corrected chi connectivity index (χ1v) is 4.40. The quantitative estimate of drug-likeness (QED) is 0.473. The average molecular weight is 182 g/mol. The summed E-state index contributed by atoms with van der Waals surface area (Å²) >= 11 is 0. The van der Waals surface area contributed by atoms with Crippen molar-refractivity contribution in [2.45, 2.75) is 31.3 Å². The monoisotopic (exact) mass is 182 g/mol. The number of rotatable bonds is 4. The van der Waals surface area contributed by atoms with Gasteiger partial charge in [0, 0.05) is 12.1 Å². The molecule has 72 valence electrons. The molecule has 2 amide bonds. The molecule has 4 nitrogen and oxygen atoms in total. The molecule has 0 heterocycles. The van der Waals surface area contributed by atoms with Crippen molar-refractivity contribution in [1.29, 1.82) is 0 Å². The maximum atomic E-state index is 11.0. The van der Waals surface area contributed by atoms with Gasteiger partial charge < -0.3 is 10.6 Å². The van der Waals surface area contributed by atoms with Crippen LogP contribution in [0.2, 0.25) is 0 Å². The van der Waals surface area contributed by atoms with Crippen molar-refractivity contribution in [3.05, 3.63) is 12.7 Å². The molecule has 0 spiro atoms. The zero-order valence-corrected chi connectivity index (χ0v) is 7.45. The van der Waals surface area contributed by atoms with E-state index < -0.39 is 0 Å². The Morgan fingerprint density at radius 1 is 1.38 bits per heavy atom. The number of carbonyl (C=O) groups excluding carboxylic acids is 2.